The van der Waals surface area contributed by atoms with E-state index in [2.05, 4.69) is 21.4 Å². The van der Waals surface area contributed by atoms with E-state index >= 15 is 0 Å². The van der Waals surface area contributed by atoms with Crippen molar-refractivity contribution in [2.45, 2.75) is 6.54 Å². The van der Waals surface area contributed by atoms with Crippen molar-refractivity contribution in [2.24, 2.45) is 14.1 Å². The first-order valence-corrected chi connectivity index (χ1v) is 8.35. The molecule has 25 heavy (non-hydrogen) atoms. The number of imidazole rings is 1. The lowest BCUT2D eigenvalue weighted by atomic mass is 10.3. The number of hydrogen-bond acceptors (Lipinski definition) is 6. The van der Waals surface area contributed by atoms with E-state index in [0.29, 0.717) is 30.2 Å². The Labute approximate surface area is 145 Å². The van der Waals surface area contributed by atoms with Gasteiger partial charge in [-0.25, -0.2) is 4.79 Å². The number of hydrogen-bond donors (Lipinski definition) is 1. The predicted molar refractivity (Wildman–Crippen MR) is 96.2 cm³/mol. The van der Waals surface area contributed by atoms with E-state index in [1.165, 1.54) is 11.6 Å². The lowest BCUT2D eigenvalue weighted by Crippen LogP contribution is -2.48. The molecule has 1 fully saturated rings. The lowest BCUT2D eigenvalue weighted by Gasteiger charge is -2.35. The topological polar surface area (TPSA) is 88.5 Å². The number of anilines is 1. The number of piperazine rings is 1. The summed E-state index contributed by atoms with van der Waals surface area (Å²) in [6, 6.07) is 0. The minimum atomic E-state index is -0.389. The van der Waals surface area contributed by atoms with Gasteiger partial charge >= 0.3 is 5.69 Å². The second-order valence-electron chi connectivity index (χ2n) is 6.24. The van der Waals surface area contributed by atoms with E-state index < -0.39 is 0 Å². The normalized spacial score (nSPS) is 15.9. The Kier molecular flexibility index (Phi) is 4.78. The second kappa shape index (κ2) is 6.85. The highest BCUT2D eigenvalue weighted by atomic mass is 16.3. The molecule has 136 valence electrons. The molecule has 2 aromatic heterocycles. The molecule has 1 aliphatic heterocycles. The molecule has 0 radical (unpaired) electrons. The number of aliphatic hydroxyl groups is 1. The van der Waals surface area contributed by atoms with Crippen LogP contribution in [0.3, 0.4) is 0 Å². The van der Waals surface area contributed by atoms with Gasteiger partial charge in [0.2, 0.25) is 5.95 Å². The summed E-state index contributed by atoms with van der Waals surface area (Å²) in [6.07, 6.45) is 1.72. The number of fused-ring (bicyclic) bond motifs is 1. The summed E-state index contributed by atoms with van der Waals surface area (Å²) in [6.45, 7) is 8.14. The molecule has 0 spiro atoms. The summed E-state index contributed by atoms with van der Waals surface area (Å²) in [5.74, 6) is 0.678. The Hall–Kier alpha value is -2.39. The van der Waals surface area contributed by atoms with Crippen molar-refractivity contribution in [3.8, 4) is 0 Å². The molecule has 0 aromatic carbocycles. The maximum atomic E-state index is 12.6. The van der Waals surface area contributed by atoms with E-state index in [4.69, 9.17) is 5.11 Å². The number of nitrogens with zero attached hydrogens (tertiary/aromatic N) is 6. The van der Waals surface area contributed by atoms with Gasteiger partial charge in [0.05, 0.1) is 6.61 Å². The lowest BCUT2D eigenvalue weighted by molar-refractivity contribution is 0.188. The van der Waals surface area contributed by atoms with E-state index in [1.807, 2.05) is 4.57 Å². The van der Waals surface area contributed by atoms with Crippen LogP contribution in [0.1, 0.15) is 0 Å². The van der Waals surface area contributed by atoms with Gasteiger partial charge in [-0.2, -0.15) is 4.98 Å². The van der Waals surface area contributed by atoms with Crippen LogP contribution in [-0.2, 0) is 20.6 Å². The Morgan fingerprint density at radius 2 is 1.84 bits per heavy atom. The number of aromatic nitrogens is 4. The summed E-state index contributed by atoms with van der Waals surface area (Å²) < 4.78 is 4.33. The maximum Gasteiger partial charge on any atom is 0.332 e. The van der Waals surface area contributed by atoms with E-state index in [1.54, 1.807) is 13.1 Å². The van der Waals surface area contributed by atoms with Gasteiger partial charge in [-0.05, 0) is 0 Å². The number of rotatable bonds is 5. The molecule has 0 atom stereocenters. The van der Waals surface area contributed by atoms with E-state index in [9.17, 15) is 9.59 Å². The average molecular weight is 348 g/mol. The molecule has 0 bridgehead atoms. The molecule has 1 saturated heterocycles. The highest BCUT2D eigenvalue weighted by Crippen LogP contribution is 2.21. The van der Waals surface area contributed by atoms with E-state index in [0.717, 1.165) is 30.7 Å². The van der Waals surface area contributed by atoms with Crippen molar-refractivity contribution in [1.29, 1.82) is 0 Å². The number of aryl methyl sites for hydroxylation is 1. The number of aliphatic hydroxyl groups excluding tert-OH is 1. The Morgan fingerprint density at radius 3 is 2.44 bits per heavy atom. The van der Waals surface area contributed by atoms with Crippen molar-refractivity contribution in [1.82, 2.24) is 23.6 Å². The minimum absolute atomic E-state index is 0.146. The predicted octanol–water partition coefficient (Wildman–Crippen LogP) is -1.27. The summed E-state index contributed by atoms with van der Waals surface area (Å²) in [5, 5.41) is 9.07. The molecular weight excluding hydrogens is 324 g/mol. The molecule has 0 aliphatic carbocycles. The Bertz CT molecular complexity index is 901. The molecule has 1 aliphatic rings. The van der Waals surface area contributed by atoms with Gasteiger partial charge in [0.25, 0.3) is 5.56 Å². The molecule has 0 saturated carbocycles. The van der Waals surface area contributed by atoms with Crippen LogP contribution in [0.5, 0.6) is 0 Å². The van der Waals surface area contributed by atoms with Crippen LogP contribution in [0.15, 0.2) is 22.2 Å². The molecule has 3 heterocycles. The molecule has 1 N–H and O–H groups in total. The summed E-state index contributed by atoms with van der Waals surface area (Å²) in [5.41, 5.74) is 0.0673. The quantitative estimate of drug-likeness (QED) is 0.678. The van der Waals surface area contributed by atoms with Crippen LogP contribution < -0.4 is 16.1 Å². The largest absolute Gasteiger partial charge is 0.395 e. The SMILES string of the molecule is C=CCn1c(N2CCN(CCO)CC2)nc2c1c(=O)n(C)c(=O)n2C. The summed E-state index contributed by atoms with van der Waals surface area (Å²) in [7, 11) is 3.10. The summed E-state index contributed by atoms with van der Waals surface area (Å²) >= 11 is 0. The van der Waals surface area contributed by atoms with Crippen molar-refractivity contribution in [2.75, 3.05) is 44.2 Å². The molecular formula is C16H24N6O3. The van der Waals surface area contributed by atoms with Crippen molar-refractivity contribution in [3.63, 3.8) is 0 Å². The van der Waals surface area contributed by atoms with Crippen LogP contribution in [0.25, 0.3) is 11.2 Å². The highest BCUT2D eigenvalue weighted by Gasteiger charge is 2.24. The van der Waals surface area contributed by atoms with E-state index in [-0.39, 0.29) is 17.9 Å². The molecule has 0 amide bonds. The van der Waals surface area contributed by atoms with Crippen LogP contribution in [0.2, 0.25) is 0 Å². The number of allylic oxidation sites excluding steroid dienone is 1. The monoisotopic (exact) mass is 348 g/mol. The molecule has 3 rings (SSSR count). The van der Waals surface area contributed by atoms with Gasteiger partial charge in [0.15, 0.2) is 11.2 Å². The van der Waals surface area contributed by atoms with Gasteiger partial charge < -0.3 is 14.6 Å². The molecule has 0 unspecified atom stereocenters. The van der Waals surface area contributed by atoms with Crippen molar-refractivity contribution in [3.05, 3.63) is 33.5 Å². The molecule has 2 aromatic rings. The first-order chi connectivity index (χ1) is 12.0. The fraction of sp³-hybridized carbons (Fsp3) is 0.562. The first kappa shape index (κ1) is 17.4. The first-order valence-electron chi connectivity index (χ1n) is 8.35. The van der Waals surface area contributed by atoms with Gasteiger partial charge in [-0.3, -0.25) is 18.8 Å². The van der Waals surface area contributed by atoms with Gasteiger partial charge in [0, 0.05) is 53.4 Å². The standard InChI is InChI=1S/C16H24N6O3/c1-4-5-22-12-13(18(2)16(25)19(3)14(12)24)17-15(22)21-8-6-20(7-9-21)10-11-23/h4,23H,1,5-11H2,2-3H3. The highest BCUT2D eigenvalue weighted by molar-refractivity contribution is 5.74. The zero-order valence-corrected chi connectivity index (χ0v) is 14.7. The fourth-order valence-corrected chi connectivity index (χ4v) is 3.29. The van der Waals surface area contributed by atoms with Crippen LogP contribution >= 0.6 is 0 Å². The molecule has 9 heteroatoms. The van der Waals surface area contributed by atoms with Crippen molar-refractivity contribution < 1.29 is 5.11 Å². The zero-order valence-electron chi connectivity index (χ0n) is 14.7. The zero-order chi connectivity index (χ0) is 18.1. The third-order valence-electron chi connectivity index (χ3n) is 4.71. The average Bonchev–Trinajstić information content (AvgIpc) is 2.99. The Morgan fingerprint density at radius 1 is 1.16 bits per heavy atom. The van der Waals surface area contributed by atoms with Crippen LogP contribution in [0, 0.1) is 0 Å². The van der Waals surface area contributed by atoms with Crippen molar-refractivity contribution >= 4 is 17.1 Å². The summed E-state index contributed by atoms with van der Waals surface area (Å²) in [4.78, 5) is 33.7. The van der Waals surface area contributed by atoms with Crippen LogP contribution in [0.4, 0.5) is 5.95 Å². The third kappa shape index (κ3) is 2.89. The third-order valence-corrected chi connectivity index (χ3v) is 4.71. The number of β-amino-alcohol motifs (C(OH)–C–C–N with tert-alkyl or cyclic N) is 1. The molecule has 9 nitrogen and oxygen atoms in total. The van der Waals surface area contributed by atoms with Gasteiger partial charge in [-0.1, -0.05) is 6.08 Å². The maximum absolute atomic E-state index is 12.6. The smallest absolute Gasteiger partial charge is 0.332 e. The van der Waals surface area contributed by atoms with Gasteiger partial charge in [-0.15, -0.1) is 6.58 Å². The second-order valence-corrected chi connectivity index (χ2v) is 6.24. The van der Waals surface area contributed by atoms with Crippen LogP contribution in [-0.4, -0.2) is 68.0 Å². The fourth-order valence-electron chi connectivity index (χ4n) is 3.29. The van der Waals surface area contributed by atoms with Gasteiger partial charge in [0.1, 0.15) is 0 Å². The minimum Gasteiger partial charge on any atom is -0.395 e. The Balaban J connectivity index is 2.10.